The van der Waals surface area contributed by atoms with Gasteiger partial charge in [-0.2, -0.15) is 0 Å². The zero-order chi connectivity index (χ0) is 22.0. The second-order valence-corrected chi connectivity index (χ2v) is 8.63. The van der Waals surface area contributed by atoms with Crippen molar-refractivity contribution in [2.75, 3.05) is 13.1 Å². The topological polar surface area (TPSA) is 190 Å². The van der Waals surface area contributed by atoms with Gasteiger partial charge in [0, 0.05) is 19.5 Å². The molecule has 9 N–H and O–H groups in total. The smallest absolute Gasteiger partial charge is 0.186 e. The molecular weight excluding hydrogens is 400 g/mol. The van der Waals surface area contributed by atoms with Gasteiger partial charge < -0.3 is 55.9 Å². The number of aliphatic hydroxyl groups is 5. The van der Waals surface area contributed by atoms with Crippen LogP contribution in [0, 0.1) is 5.92 Å². The molecule has 0 amide bonds. The maximum atomic E-state index is 10.2. The highest BCUT2D eigenvalue weighted by molar-refractivity contribution is 4.91. The fourth-order valence-corrected chi connectivity index (χ4v) is 4.41. The van der Waals surface area contributed by atoms with E-state index >= 15 is 0 Å². The fraction of sp³-hybridized carbons (Fsp3) is 1.00. The Morgan fingerprint density at radius 2 is 1.50 bits per heavy atom. The summed E-state index contributed by atoms with van der Waals surface area (Å²) in [6.07, 6.45) is -7.77. The van der Waals surface area contributed by atoms with Gasteiger partial charge in [0.2, 0.25) is 0 Å². The molecule has 3 fully saturated rings. The average Bonchev–Trinajstić information content (AvgIpc) is 2.73. The Bertz CT molecular complexity index is 542. The molecule has 0 spiro atoms. The number of aliphatic hydroxyl groups excluding tert-OH is 5. The standard InChI is InChI=1S/C19H36N2O9/c1-8-4-9(27-19-17(26)16(25)15(24)13(7-21)30-19)2-3-12(8)29-18-14(23)11(22)5-10(6-20)28-18/h8-19,22-26H,2-7,20-21H2,1H3/t8-,9+,10?,11+,12?,13+,14-,15?,16-,17?,18-,19+/m1/s1. The molecule has 2 saturated heterocycles. The lowest BCUT2D eigenvalue weighted by Gasteiger charge is -2.44. The van der Waals surface area contributed by atoms with E-state index in [0.717, 1.165) is 0 Å². The van der Waals surface area contributed by atoms with Crippen LogP contribution in [0.15, 0.2) is 0 Å². The summed E-state index contributed by atoms with van der Waals surface area (Å²) in [5, 5.41) is 50.3. The normalized spacial score (nSPS) is 50.4. The predicted molar refractivity (Wildman–Crippen MR) is 103 cm³/mol. The van der Waals surface area contributed by atoms with Gasteiger partial charge >= 0.3 is 0 Å². The highest BCUT2D eigenvalue weighted by Crippen LogP contribution is 2.34. The van der Waals surface area contributed by atoms with E-state index in [9.17, 15) is 25.5 Å². The van der Waals surface area contributed by atoms with Gasteiger partial charge in [0.1, 0.15) is 30.5 Å². The number of hydrogen-bond acceptors (Lipinski definition) is 11. The summed E-state index contributed by atoms with van der Waals surface area (Å²) in [7, 11) is 0. The molecule has 0 radical (unpaired) electrons. The first-order valence-electron chi connectivity index (χ1n) is 10.7. The van der Waals surface area contributed by atoms with Gasteiger partial charge in [-0.1, -0.05) is 6.92 Å². The Morgan fingerprint density at radius 1 is 0.800 bits per heavy atom. The van der Waals surface area contributed by atoms with Crippen LogP contribution in [0.5, 0.6) is 0 Å². The lowest BCUT2D eigenvalue weighted by atomic mass is 9.85. The lowest BCUT2D eigenvalue weighted by Crippen LogP contribution is -2.60. The van der Waals surface area contributed by atoms with E-state index in [1.807, 2.05) is 6.92 Å². The second kappa shape index (κ2) is 10.5. The second-order valence-electron chi connectivity index (χ2n) is 8.63. The maximum absolute atomic E-state index is 10.2. The van der Waals surface area contributed by atoms with E-state index in [1.54, 1.807) is 0 Å². The first-order valence-corrected chi connectivity index (χ1v) is 10.7. The highest BCUT2D eigenvalue weighted by atomic mass is 16.7. The SMILES string of the molecule is C[C@@H]1C[C@@H](O[C@H]2O[C@@H](CN)C(O)[C@@H](O)C2O)CCC1O[C@H]1OC(CN)C[C@H](O)[C@H]1O. The van der Waals surface area contributed by atoms with Crippen molar-refractivity contribution in [3.8, 4) is 0 Å². The molecule has 4 unspecified atom stereocenters. The van der Waals surface area contributed by atoms with Gasteiger partial charge in [0.15, 0.2) is 12.6 Å². The van der Waals surface area contributed by atoms with Crippen LogP contribution in [0.2, 0.25) is 0 Å². The molecule has 3 aliphatic rings. The quantitative estimate of drug-likeness (QED) is 0.227. The van der Waals surface area contributed by atoms with Gasteiger partial charge in [-0.15, -0.1) is 0 Å². The Hall–Kier alpha value is -0.440. The summed E-state index contributed by atoms with van der Waals surface area (Å²) in [5.41, 5.74) is 11.2. The minimum Gasteiger partial charge on any atom is -0.390 e. The summed E-state index contributed by atoms with van der Waals surface area (Å²) in [5.74, 6) is 0.0384. The monoisotopic (exact) mass is 436 g/mol. The van der Waals surface area contributed by atoms with Crippen LogP contribution in [0.4, 0.5) is 0 Å². The van der Waals surface area contributed by atoms with Crippen molar-refractivity contribution in [3.63, 3.8) is 0 Å². The van der Waals surface area contributed by atoms with Crippen LogP contribution in [0.25, 0.3) is 0 Å². The molecule has 0 bridgehead atoms. The molecule has 12 atom stereocenters. The van der Waals surface area contributed by atoms with E-state index in [4.69, 9.17) is 30.4 Å². The van der Waals surface area contributed by atoms with Gasteiger partial charge in [-0.05, 0) is 25.2 Å². The van der Waals surface area contributed by atoms with Crippen molar-refractivity contribution in [1.82, 2.24) is 0 Å². The summed E-state index contributed by atoms with van der Waals surface area (Å²) in [4.78, 5) is 0. The third kappa shape index (κ3) is 5.30. The Labute approximate surface area is 175 Å². The summed E-state index contributed by atoms with van der Waals surface area (Å²) in [6.45, 7) is 2.20. The first kappa shape index (κ1) is 24.2. The summed E-state index contributed by atoms with van der Waals surface area (Å²) < 4.78 is 23.1. The predicted octanol–water partition coefficient (Wildman–Crippen LogP) is -2.86. The van der Waals surface area contributed by atoms with Crippen LogP contribution >= 0.6 is 0 Å². The van der Waals surface area contributed by atoms with Crippen molar-refractivity contribution in [2.24, 2.45) is 17.4 Å². The molecular formula is C19H36N2O9. The molecule has 176 valence electrons. The minimum atomic E-state index is -1.40. The molecule has 11 heteroatoms. The number of ether oxygens (including phenoxy) is 4. The van der Waals surface area contributed by atoms with E-state index in [1.165, 1.54) is 0 Å². The summed E-state index contributed by atoms with van der Waals surface area (Å²) >= 11 is 0. The maximum Gasteiger partial charge on any atom is 0.186 e. The van der Waals surface area contributed by atoms with E-state index in [2.05, 4.69) is 0 Å². The number of rotatable bonds is 6. The molecule has 1 saturated carbocycles. The molecule has 2 heterocycles. The van der Waals surface area contributed by atoms with Crippen LogP contribution in [0.3, 0.4) is 0 Å². The van der Waals surface area contributed by atoms with Gasteiger partial charge in [0.05, 0.1) is 24.4 Å². The van der Waals surface area contributed by atoms with Crippen molar-refractivity contribution in [3.05, 3.63) is 0 Å². The zero-order valence-corrected chi connectivity index (χ0v) is 17.2. The largest absolute Gasteiger partial charge is 0.390 e. The van der Waals surface area contributed by atoms with Crippen LogP contribution in [-0.4, -0.2) is 106 Å². The Morgan fingerprint density at radius 3 is 2.13 bits per heavy atom. The molecule has 0 aromatic heterocycles. The number of hydrogen-bond donors (Lipinski definition) is 7. The Balaban J connectivity index is 1.52. The van der Waals surface area contributed by atoms with E-state index in [-0.39, 0.29) is 43.7 Å². The molecule has 1 aliphatic carbocycles. The minimum absolute atomic E-state index is 0.0127. The fourth-order valence-electron chi connectivity index (χ4n) is 4.41. The zero-order valence-electron chi connectivity index (χ0n) is 17.2. The average molecular weight is 437 g/mol. The highest BCUT2D eigenvalue weighted by Gasteiger charge is 2.45. The van der Waals surface area contributed by atoms with Gasteiger partial charge in [0.25, 0.3) is 0 Å². The lowest BCUT2D eigenvalue weighted by molar-refractivity contribution is -0.314. The van der Waals surface area contributed by atoms with Gasteiger partial charge in [-0.25, -0.2) is 0 Å². The van der Waals surface area contributed by atoms with Crippen LogP contribution in [0.1, 0.15) is 32.6 Å². The number of nitrogens with two attached hydrogens (primary N) is 2. The van der Waals surface area contributed by atoms with Crippen molar-refractivity contribution < 1.29 is 44.5 Å². The molecule has 3 rings (SSSR count). The van der Waals surface area contributed by atoms with Crippen molar-refractivity contribution in [2.45, 2.75) is 100 Å². The van der Waals surface area contributed by atoms with Crippen LogP contribution in [-0.2, 0) is 18.9 Å². The van der Waals surface area contributed by atoms with E-state index in [0.29, 0.717) is 19.3 Å². The molecule has 0 aromatic carbocycles. The third-order valence-corrected chi connectivity index (χ3v) is 6.35. The van der Waals surface area contributed by atoms with Gasteiger partial charge in [-0.3, -0.25) is 0 Å². The first-order chi connectivity index (χ1) is 14.2. The Kier molecular flexibility index (Phi) is 8.43. The third-order valence-electron chi connectivity index (χ3n) is 6.35. The van der Waals surface area contributed by atoms with Crippen molar-refractivity contribution >= 4 is 0 Å². The van der Waals surface area contributed by atoms with Crippen LogP contribution < -0.4 is 11.5 Å². The molecule has 0 aromatic rings. The molecule has 11 nitrogen and oxygen atoms in total. The molecule has 30 heavy (non-hydrogen) atoms. The van der Waals surface area contributed by atoms with Crippen molar-refractivity contribution in [1.29, 1.82) is 0 Å². The van der Waals surface area contributed by atoms with E-state index < -0.39 is 49.2 Å². The summed E-state index contributed by atoms with van der Waals surface area (Å²) in [6, 6.07) is 0. The molecule has 2 aliphatic heterocycles.